The molecular formula is C18H20FNO2. The zero-order chi connectivity index (χ0) is 15.9. The molecule has 2 rings (SSSR count). The van der Waals surface area contributed by atoms with Gasteiger partial charge in [0.25, 0.3) is 0 Å². The van der Waals surface area contributed by atoms with Gasteiger partial charge in [0.2, 0.25) is 5.91 Å². The van der Waals surface area contributed by atoms with E-state index in [2.05, 4.69) is 12.2 Å². The van der Waals surface area contributed by atoms with Crippen molar-refractivity contribution in [3.8, 4) is 0 Å². The van der Waals surface area contributed by atoms with E-state index in [1.54, 1.807) is 18.2 Å². The van der Waals surface area contributed by atoms with Gasteiger partial charge in [0.1, 0.15) is 5.82 Å². The van der Waals surface area contributed by atoms with Gasteiger partial charge in [0.05, 0.1) is 19.1 Å². The molecule has 0 radical (unpaired) electrons. The summed E-state index contributed by atoms with van der Waals surface area (Å²) < 4.78 is 13.5. The van der Waals surface area contributed by atoms with Crippen LogP contribution in [0, 0.1) is 5.82 Å². The largest absolute Gasteiger partial charge is 0.394 e. The number of amides is 1. The van der Waals surface area contributed by atoms with E-state index >= 15 is 0 Å². The van der Waals surface area contributed by atoms with Crippen LogP contribution in [0.25, 0.3) is 0 Å². The maximum absolute atomic E-state index is 13.5. The molecule has 22 heavy (non-hydrogen) atoms. The van der Waals surface area contributed by atoms with Gasteiger partial charge in [-0.1, -0.05) is 49.4 Å². The number of nitrogens with one attached hydrogen (secondary N) is 1. The molecule has 0 aliphatic carbocycles. The van der Waals surface area contributed by atoms with Gasteiger partial charge in [0.15, 0.2) is 0 Å². The van der Waals surface area contributed by atoms with Crippen molar-refractivity contribution in [3.05, 3.63) is 71.0 Å². The molecule has 0 bridgehead atoms. The van der Waals surface area contributed by atoms with Gasteiger partial charge < -0.3 is 10.4 Å². The molecule has 0 saturated heterocycles. The van der Waals surface area contributed by atoms with E-state index in [1.807, 2.05) is 24.3 Å². The van der Waals surface area contributed by atoms with Gasteiger partial charge in [-0.2, -0.15) is 0 Å². The highest BCUT2D eigenvalue weighted by Crippen LogP contribution is 2.15. The Bertz CT molecular complexity index is 625. The Kier molecular flexibility index (Phi) is 5.67. The average Bonchev–Trinajstić information content (AvgIpc) is 2.55. The second-order valence-corrected chi connectivity index (χ2v) is 5.17. The van der Waals surface area contributed by atoms with Crippen molar-refractivity contribution >= 4 is 5.91 Å². The molecule has 4 heteroatoms. The number of aryl methyl sites for hydroxylation is 1. The molecule has 2 N–H and O–H groups in total. The third kappa shape index (κ3) is 4.15. The maximum Gasteiger partial charge on any atom is 0.225 e. The Hall–Kier alpha value is -2.20. The Balaban J connectivity index is 2.03. The summed E-state index contributed by atoms with van der Waals surface area (Å²) >= 11 is 0. The van der Waals surface area contributed by atoms with E-state index in [0.717, 1.165) is 12.0 Å². The van der Waals surface area contributed by atoms with Gasteiger partial charge in [-0.15, -0.1) is 0 Å². The molecule has 116 valence electrons. The minimum Gasteiger partial charge on any atom is -0.394 e. The van der Waals surface area contributed by atoms with Gasteiger partial charge in [0, 0.05) is 0 Å². The van der Waals surface area contributed by atoms with Crippen LogP contribution in [0.4, 0.5) is 4.39 Å². The molecule has 2 aromatic rings. The second kappa shape index (κ2) is 7.71. The number of hydrogen-bond donors (Lipinski definition) is 2. The molecule has 0 aliphatic heterocycles. The number of aliphatic hydroxyl groups excluding tert-OH is 1. The standard InChI is InChI=1S/C18H20FNO2/c1-2-13-7-9-14(10-8-13)17(12-21)20-18(22)11-15-5-3-4-6-16(15)19/h3-10,17,21H,2,11-12H2,1H3,(H,20,22). The molecule has 0 saturated carbocycles. The fourth-order valence-electron chi connectivity index (χ4n) is 2.28. The fraction of sp³-hybridized carbons (Fsp3) is 0.278. The summed E-state index contributed by atoms with van der Waals surface area (Å²) in [6.07, 6.45) is 0.889. The predicted octanol–water partition coefficient (Wildman–Crippen LogP) is 2.78. The number of halogens is 1. The molecule has 0 fully saturated rings. The van der Waals surface area contributed by atoms with Crippen LogP contribution in [0.5, 0.6) is 0 Å². The molecule has 1 amide bonds. The van der Waals surface area contributed by atoms with E-state index < -0.39 is 11.9 Å². The molecule has 1 unspecified atom stereocenters. The number of rotatable bonds is 6. The van der Waals surface area contributed by atoms with Crippen molar-refractivity contribution in [3.63, 3.8) is 0 Å². The van der Waals surface area contributed by atoms with Gasteiger partial charge in [-0.25, -0.2) is 4.39 Å². The molecule has 0 aromatic heterocycles. The van der Waals surface area contributed by atoms with E-state index in [9.17, 15) is 14.3 Å². The lowest BCUT2D eigenvalue weighted by atomic mass is 10.0. The van der Waals surface area contributed by atoms with Gasteiger partial charge >= 0.3 is 0 Å². The molecular weight excluding hydrogens is 281 g/mol. The Labute approximate surface area is 129 Å². The lowest BCUT2D eigenvalue weighted by molar-refractivity contribution is -0.121. The van der Waals surface area contributed by atoms with Crippen LogP contribution >= 0.6 is 0 Å². The van der Waals surface area contributed by atoms with Crippen LogP contribution in [0.2, 0.25) is 0 Å². The highest BCUT2D eigenvalue weighted by Gasteiger charge is 2.15. The second-order valence-electron chi connectivity index (χ2n) is 5.17. The molecule has 1 atom stereocenters. The SMILES string of the molecule is CCc1ccc(C(CO)NC(=O)Cc2ccccc2F)cc1. The van der Waals surface area contributed by atoms with Crippen molar-refractivity contribution < 1.29 is 14.3 Å². The number of carbonyl (C=O) groups is 1. The van der Waals surface area contributed by atoms with E-state index in [0.29, 0.717) is 5.56 Å². The summed E-state index contributed by atoms with van der Waals surface area (Å²) in [6.45, 7) is 1.86. The van der Waals surface area contributed by atoms with Gasteiger partial charge in [-0.05, 0) is 29.2 Å². The summed E-state index contributed by atoms with van der Waals surface area (Å²) in [5.74, 6) is -0.714. The average molecular weight is 301 g/mol. The fourth-order valence-corrected chi connectivity index (χ4v) is 2.28. The van der Waals surface area contributed by atoms with Gasteiger partial charge in [-0.3, -0.25) is 4.79 Å². The van der Waals surface area contributed by atoms with E-state index in [-0.39, 0.29) is 18.9 Å². The first kappa shape index (κ1) is 16.2. The molecule has 2 aromatic carbocycles. The number of aliphatic hydroxyl groups is 1. The monoisotopic (exact) mass is 301 g/mol. The highest BCUT2D eigenvalue weighted by atomic mass is 19.1. The third-order valence-electron chi connectivity index (χ3n) is 3.62. The lowest BCUT2D eigenvalue weighted by Crippen LogP contribution is -2.32. The normalized spacial score (nSPS) is 12.0. The first-order chi connectivity index (χ1) is 10.6. The van der Waals surface area contributed by atoms with Crippen molar-refractivity contribution in [2.45, 2.75) is 25.8 Å². The van der Waals surface area contributed by atoms with Crippen LogP contribution in [-0.4, -0.2) is 17.6 Å². The quantitative estimate of drug-likeness (QED) is 0.862. The third-order valence-corrected chi connectivity index (χ3v) is 3.62. The Morgan fingerprint density at radius 1 is 1.18 bits per heavy atom. The Morgan fingerprint density at radius 3 is 2.45 bits per heavy atom. The summed E-state index contributed by atoms with van der Waals surface area (Å²) in [5, 5.41) is 12.2. The Morgan fingerprint density at radius 2 is 1.86 bits per heavy atom. The summed E-state index contributed by atoms with van der Waals surface area (Å²) in [6, 6.07) is 13.4. The van der Waals surface area contributed by atoms with Crippen molar-refractivity contribution in [1.29, 1.82) is 0 Å². The van der Waals surface area contributed by atoms with E-state index in [4.69, 9.17) is 0 Å². The number of carbonyl (C=O) groups excluding carboxylic acids is 1. The summed E-state index contributed by atoms with van der Waals surface area (Å²) in [7, 11) is 0. The number of hydrogen-bond acceptors (Lipinski definition) is 2. The summed E-state index contributed by atoms with van der Waals surface area (Å²) in [5.41, 5.74) is 2.37. The highest BCUT2D eigenvalue weighted by molar-refractivity contribution is 5.79. The van der Waals surface area contributed by atoms with Crippen LogP contribution in [-0.2, 0) is 17.6 Å². The molecule has 3 nitrogen and oxygen atoms in total. The lowest BCUT2D eigenvalue weighted by Gasteiger charge is -2.17. The van der Waals surface area contributed by atoms with Crippen molar-refractivity contribution in [1.82, 2.24) is 5.32 Å². The minimum absolute atomic E-state index is 0.0454. The van der Waals surface area contributed by atoms with Crippen molar-refractivity contribution in [2.75, 3.05) is 6.61 Å². The number of benzene rings is 2. The zero-order valence-electron chi connectivity index (χ0n) is 12.6. The van der Waals surface area contributed by atoms with Crippen LogP contribution < -0.4 is 5.32 Å². The molecule has 0 spiro atoms. The van der Waals surface area contributed by atoms with Crippen LogP contribution in [0.15, 0.2) is 48.5 Å². The van der Waals surface area contributed by atoms with Crippen LogP contribution in [0.3, 0.4) is 0 Å². The zero-order valence-corrected chi connectivity index (χ0v) is 12.6. The first-order valence-corrected chi connectivity index (χ1v) is 7.36. The summed E-state index contributed by atoms with van der Waals surface area (Å²) in [4.78, 5) is 12.0. The molecule has 0 heterocycles. The van der Waals surface area contributed by atoms with E-state index in [1.165, 1.54) is 11.6 Å². The van der Waals surface area contributed by atoms with Crippen LogP contribution in [0.1, 0.15) is 29.7 Å². The predicted molar refractivity (Wildman–Crippen MR) is 83.9 cm³/mol. The first-order valence-electron chi connectivity index (χ1n) is 7.36. The topological polar surface area (TPSA) is 49.3 Å². The van der Waals surface area contributed by atoms with Crippen molar-refractivity contribution in [2.24, 2.45) is 0 Å². The molecule has 0 aliphatic rings. The smallest absolute Gasteiger partial charge is 0.225 e. The maximum atomic E-state index is 13.5. The minimum atomic E-state index is -0.481.